The van der Waals surface area contributed by atoms with Crippen molar-refractivity contribution in [1.29, 1.82) is 0 Å². The van der Waals surface area contributed by atoms with Gasteiger partial charge in [0.2, 0.25) is 0 Å². The van der Waals surface area contributed by atoms with E-state index in [0.717, 1.165) is 3.57 Å². The monoisotopic (exact) mass is 362 g/mol. The van der Waals surface area contributed by atoms with Crippen molar-refractivity contribution in [2.75, 3.05) is 12.3 Å². The topological polar surface area (TPSA) is 81.4 Å². The number of hydrogen-bond acceptors (Lipinski definition) is 4. The molecule has 0 atom stereocenters. The average molecular weight is 362 g/mol. The van der Waals surface area contributed by atoms with Gasteiger partial charge >= 0.3 is 5.97 Å². The molecule has 0 aliphatic carbocycles. The number of ether oxygens (including phenoxy) is 1. The Kier molecular flexibility index (Phi) is 5.39. The fourth-order valence-electron chi connectivity index (χ4n) is 1.28. The van der Waals surface area contributed by atoms with Gasteiger partial charge in [-0.15, -0.1) is 0 Å². The summed E-state index contributed by atoms with van der Waals surface area (Å²) < 4.78 is 5.77. The van der Waals surface area contributed by atoms with E-state index >= 15 is 0 Å². The molecule has 98 valence electrons. The highest BCUT2D eigenvalue weighted by molar-refractivity contribution is 14.1. The first kappa shape index (κ1) is 14.7. The molecule has 3 N–H and O–H groups in total. The van der Waals surface area contributed by atoms with Gasteiger partial charge in [0.15, 0.2) is 6.61 Å². The van der Waals surface area contributed by atoms with Crippen LogP contribution >= 0.6 is 22.6 Å². The number of carbonyl (C=O) groups excluding carboxylic acids is 2. The lowest BCUT2D eigenvalue weighted by Crippen LogP contribution is -2.34. The molecule has 0 bridgehead atoms. The van der Waals surface area contributed by atoms with Gasteiger partial charge in [-0.2, -0.15) is 0 Å². The Morgan fingerprint density at radius 1 is 1.44 bits per heavy atom. The number of anilines is 1. The van der Waals surface area contributed by atoms with Crippen LogP contribution in [0, 0.1) is 3.57 Å². The third-order valence-corrected chi connectivity index (χ3v) is 2.69. The Balaban J connectivity index is 2.60. The van der Waals surface area contributed by atoms with Crippen LogP contribution in [-0.2, 0) is 9.53 Å². The first-order chi connectivity index (χ1) is 8.40. The third kappa shape index (κ3) is 4.52. The first-order valence-corrected chi connectivity index (χ1v) is 6.49. The number of amides is 1. The van der Waals surface area contributed by atoms with Crippen molar-refractivity contribution in [3.63, 3.8) is 0 Å². The van der Waals surface area contributed by atoms with Crippen LogP contribution in [0.2, 0.25) is 0 Å². The molecule has 0 spiro atoms. The molecule has 6 heteroatoms. The Morgan fingerprint density at radius 3 is 2.72 bits per heavy atom. The second kappa shape index (κ2) is 6.58. The summed E-state index contributed by atoms with van der Waals surface area (Å²) in [7, 11) is 0. The zero-order valence-electron chi connectivity index (χ0n) is 10.2. The quantitative estimate of drug-likeness (QED) is 0.484. The van der Waals surface area contributed by atoms with E-state index in [1.54, 1.807) is 18.2 Å². The molecule has 1 rings (SSSR count). The molecule has 0 fully saturated rings. The van der Waals surface area contributed by atoms with Crippen LogP contribution in [0.5, 0.6) is 0 Å². The van der Waals surface area contributed by atoms with Gasteiger partial charge in [0.05, 0.1) is 5.56 Å². The van der Waals surface area contributed by atoms with Crippen LogP contribution in [0.25, 0.3) is 0 Å². The van der Waals surface area contributed by atoms with Gasteiger partial charge in [0.25, 0.3) is 5.91 Å². The van der Waals surface area contributed by atoms with Crippen molar-refractivity contribution in [2.45, 2.75) is 19.9 Å². The van der Waals surface area contributed by atoms with E-state index in [9.17, 15) is 9.59 Å². The van der Waals surface area contributed by atoms with E-state index < -0.39 is 5.97 Å². The Labute approximate surface area is 119 Å². The van der Waals surface area contributed by atoms with Crippen molar-refractivity contribution < 1.29 is 14.3 Å². The lowest BCUT2D eigenvalue weighted by Gasteiger charge is -2.10. The largest absolute Gasteiger partial charge is 0.452 e. The lowest BCUT2D eigenvalue weighted by atomic mass is 10.2. The number of nitrogen functional groups attached to an aromatic ring is 1. The number of esters is 1. The van der Waals surface area contributed by atoms with Gasteiger partial charge in [-0.3, -0.25) is 4.79 Å². The third-order valence-electron chi connectivity index (χ3n) is 2.02. The molecule has 0 heterocycles. The maximum Gasteiger partial charge on any atom is 0.340 e. The lowest BCUT2D eigenvalue weighted by molar-refractivity contribution is -0.124. The summed E-state index contributed by atoms with van der Waals surface area (Å²) in [5.41, 5.74) is 6.29. The van der Waals surface area contributed by atoms with E-state index in [0.29, 0.717) is 5.69 Å². The fourth-order valence-corrected chi connectivity index (χ4v) is 1.77. The molecule has 0 unspecified atom stereocenters. The maximum absolute atomic E-state index is 11.7. The van der Waals surface area contributed by atoms with Gasteiger partial charge < -0.3 is 15.8 Å². The molecule has 0 saturated carbocycles. The minimum Gasteiger partial charge on any atom is -0.452 e. The normalized spacial score (nSPS) is 10.2. The average Bonchev–Trinajstić information content (AvgIpc) is 2.28. The smallest absolute Gasteiger partial charge is 0.340 e. The fraction of sp³-hybridized carbons (Fsp3) is 0.333. The first-order valence-electron chi connectivity index (χ1n) is 5.41. The minimum atomic E-state index is -0.593. The Morgan fingerprint density at radius 2 is 2.11 bits per heavy atom. The number of carbonyl (C=O) groups is 2. The predicted octanol–water partition coefficient (Wildman–Crippen LogP) is 1.55. The number of nitrogens with one attached hydrogen (secondary N) is 1. The minimum absolute atomic E-state index is 0.0129. The van der Waals surface area contributed by atoms with E-state index in [2.05, 4.69) is 27.9 Å². The maximum atomic E-state index is 11.7. The van der Waals surface area contributed by atoms with Crippen LogP contribution in [0.1, 0.15) is 24.2 Å². The number of rotatable bonds is 4. The molecule has 0 saturated heterocycles. The Bertz CT molecular complexity index is 461. The summed E-state index contributed by atoms with van der Waals surface area (Å²) in [4.78, 5) is 23.0. The zero-order chi connectivity index (χ0) is 13.7. The molecule has 1 aromatic rings. The summed E-state index contributed by atoms with van der Waals surface area (Å²) in [6, 6.07) is 5.06. The summed E-state index contributed by atoms with van der Waals surface area (Å²) in [5, 5.41) is 2.63. The van der Waals surface area contributed by atoms with Crippen LogP contribution < -0.4 is 11.1 Å². The van der Waals surface area contributed by atoms with Gasteiger partial charge in [-0.25, -0.2) is 4.79 Å². The highest BCUT2D eigenvalue weighted by Crippen LogP contribution is 2.16. The van der Waals surface area contributed by atoms with Crippen molar-refractivity contribution in [3.8, 4) is 0 Å². The molecular weight excluding hydrogens is 347 g/mol. The van der Waals surface area contributed by atoms with Crippen molar-refractivity contribution >= 4 is 40.2 Å². The summed E-state index contributed by atoms with van der Waals surface area (Å²) in [6.07, 6.45) is 0. The van der Waals surface area contributed by atoms with Crippen molar-refractivity contribution in [1.82, 2.24) is 5.32 Å². The second-order valence-electron chi connectivity index (χ2n) is 4.03. The molecular formula is C12H15IN2O3. The highest BCUT2D eigenvalue weighted by Gasteiger charge is 2.13. The van der Waals surface area contributed by atoms with Crippen LogP contribution in [0.15, 0.2) is 18.2 Å². The number of nitrogens with two attached hydrogens (primary N) is 1. The van der Waals surface area contributed by atoms with Crippen molar-refractivity contribution in [3.05, 3.63) is 27.3 Å². The zero-order valence-corrected chi connectivity index (χ0v) is 12.4. The van der Waals surface area contributed by atoms with E-state index in [1.165, 1.54) is 0 Å². The van der Waals surface area contributed by atoms with Crippen LogP contribution in [0.4, 0.5) is 5.69 Å². The van der Waals surface area contributed by atoms with Gasteiger partial charge in [0.1, 0.15) is 0 Å². The van der Waals surface area contributed by atoms with Gasteiger partial charge in [-0.1, -0.05) is 0 Å². The molecule has 18 heavy (non-hydrogen) atoms. The summed E-state index contributed by atoms with van der Waals surface area (Å²) in [5.74, 6) is -0.924. The standard InChI is InChI=1S/C12H15IN2O3/c1-7(2)15-11(16)6-18-12(17)9-5-8(13)3-4-10(9)14/h3-5,7H,6,14H2,1-2H3,(H,15,16). The van der Waals surface area contributed by atoms with Crippen molar-refractivity contribution in [2.24, 2.45) is 0 Å². The molecule has 0 aliphatic heterocycles. The molecule has 0 aromatic heterocycles. The SMILES string of the molecule is CC(C)NC(=O)COC(=O)c1cc(I)ccc1N. The second-order valence-corrected chi connectivity index (χ2v) is 5.28. The molecule has 1 aromatic carbocycles. The van der Waals surface area contributed by atoms with E-state index in [1.807, 2.05) is 13.8 Å². The van der Waals surface area contributed by atoms with Gasteiger partial charge in [0, 0.05) is 15.3 Å². The molecule has 1 amide bonds. The van der Waals surface area contributed by atoms with E-state index in [-0.39, 0.29) is 24.1 Å². The molecule has 5 nitrogen and oxygen atoms in total. The highest BCUT2D eigenvalue weighted by atomic mass is 127. The molecule has 0 aliphatic rings. The molecule has 0 radical (unpaired) electrons. The Hall–Kier alpha value is -1.31. The van der Waals surface area contributed by atoms with Crippen LogP contribution in [-0.4, -0.2) is 24.5 Å². The summed E-state index contributed by atoms with van der Waals surface area (Å²) >= 11 is 2.07. The van der Waals surface area contributed by atoms with Crippen LogP contribution in [0.3, 0.4) is 0 Å². The number of hydrogen-bond donors (Lipinski definition) is 2. The predicted molar refractivity (Wildman–Crippen MR) is 77.1 cm³/mol. The van der Waals surface area contributed by atoms with Gasteiger partial charge in [-0.05, 0) is 54.6 Å². The number of benzene rings is 1. The summed E-state index contributed by atoms with van der Waals surface area (Å²) in [6.45, 7) is 3.36. The number of halogens is 1. The van der Waals surface area contributed by atoms with E-state index in [4.69, 9.17) is 10.5 Å².